The molecule has 3 aromatic rings. The number of aromatic nitrogens is 3. The summed E-state index contributed by atoms with van der Waals surface area (Å²) in [6, 6.07) is 9.34. The third-order valence-electron chi connectivity index (χ3n) is 2.70. The minimum absolute atomic E-state index is 0.0517. The van der Waals surface area contributed by atoms with Gasteiger partial charge in [-0.2, -0.15) is 5.10 Å². The van der Waals surface area contributed by atoms with Gasteiger partial charge in [-0.25, -0.2) is 9.67 Å². The lowest BCUT2D eigenvalue weighted by atomic mass is 10.2. The van der Waals surface area contributed by atoms with Gasteiger partial charge in [-0.05, 0) is 12.1 Å². The monoisotopic (exact) mass is 273 g/mol. The van der Waals surface area contributed by atoms with E-state index in [1.807, 2.05) is 24.3 Å². The maximum Gasteiger partial charge on any atom is 0.208 e. The van der Waals surface area contributed by atoms with E-state index in [4.69, 9.17) is 4.42 Å². The lowest BCUT2D eigenvalue weighted by molar-refractivity contribution is 0.0994. The molecule has 2 aromatic heterocycles. The molecule has 1 aromatic carbocycles. The first-order valence-corrected chi connectivity index (χ1v) is 6.71. The van der Waals surface area contributed by atoms with Crippen LogP contribution >= 0.6 is 11.8 Å². The first-order valence-electron chi connectivity index (χ1n) is 5.72. The second kappa shape index (κ2) is 4.89. The molecule has 3 rings (SSSR count). The molecule has 0 aliphatic heterocycles. The van der Waals surface area contributed by atoms with Crippen LogP contribution in [0.4, 0.5) is 0 Å². The number of hydrogen-bond donors (Lipinski definition) is 0. The number of fused-ring (bicyclic) bond motifs is 1. The summed E-state index contributed by atoms with van der Waals surface area (Å²) in [7, 11) is 1.79. The second-order valence-corrected chi connectivity index (χ2v) is 4.97. The second-order valence-electron chi connectivity index (χ2n) is 4.03. The molecule has 96 valence electrons. The van der Waals surface area contributed by atoms with Crippen molar-refractivity contribution in [3.8, 4) is 0 Å². The Labute approximate surface area is 113 Å². The van der Waals surface area contributed by atoms with Gasteiger partial charge < -0.3 is 4.42 Å². The third-order valence-corrected chi connectivity index (χ3v) is 3.74. The number of thioether (sulfide) groups is 1. The van der Waals surface area contributed by atoms with Crippen molar-refractivity contribution in [2.75, 3.05) is 5.75 Å². The first kappa shape index (κ1) is 12.0. The zero-order valence-electron chi connectivity index (χ0n) is 10.2. The summed E-state index contributed by atoms with van der Waals surface area (Å²) in [6.45, 7) is 0. The molecule has 0 saturated heterocycles. The number of carbonyl (C=O) groups excluding carboxylic acids is 1. The Morgan fingerprint density at radius 2 is 2.26 bits per heavy atom. The molecule has 0 aliphatic rings. The molecule has 2 heterocycles. The Balaban J connectivity index is 1.75. The molecule has 19 heavy (non-hydrogen) atoms. The van der Waals surface area contributed by atoms with Crippen molar-refractivity contribution in [3.05, 3.63) is 42.4 Å². The van der Waals surface area contributed by atoms with Crippen LogP contribution in [0.25, 0.3) is 11.0 Å². The van der Waals surface area contributed by atoms with Crippen LogP contribution in [0, 0.1) is 0 Å². The molecule has 0 N–H and O–H groups in total. The topological polar surface area (TPSA) is 60.9 Å². The Hall–Kier alpha value is -2.08. The molecule has 0 radical (unpaired) electrons. The van der Waals surface area contributed by atoms with Crippen LogP contribution in [-0.2, 0) is 7.05 Å². The molecular formula is C13H11N3O2S. The number of aryl methyl sites for hydroxylation is 1. The van der Waals surface area contributed by atoms with Gasteiger partial charge in [0.05, 0.1) is 5.75 Å². The van der Waals surface area contributed by atoms with Gasteiger partial charge in [-0.15, -0.1) is 0 Å². The zero-order valence-corrected chi connectivity index (χ0v) is 11.1. The highest BCUT2D eigenvalue weighted by Gasteiger charge is 2.13. The Kier molecular flexibility index (Phi) is 3.08. The maximum atomic E-state index is 12.0. The van der Waals surface area contributed by atoms with Crippen molar-refractivity contribution < 1.29 is 9.21 Å². The quantitative estimate of drug-likeness (QED) is 0.540. The van der Waals surface area contributed by atoms with Crippen LogP contribution in [0.3, 0.4) is 0 Å². The van der Waals surface area contributed by atoms with E-state index in [-0.39, 0.29) is 11.5 Å². The number of carbonyl (C=O) groups is 1. The van der Waals surface area contributed by atoms with Crippen molar-refractivity contribution in [3.63, 3.8) is 0 Å². The molecule has 0 spiro atoms. The number of para-hydroxylation sites is 1. The van der Waals surface area contributed by atoms with Crippen LogP contribution in [0.1, 0.15) is 10.6 Å². The minimum atomic E-state index is -0.0517. The summed E-state index contributed by atoms with van der Waals surface area (Å²) in [4.78, 5) is 16.1. The van der Waals surface area contributed by atoms with Crippen LogP contribution in [0.15, 0.2) is 46.2 Å². The van der Waals surface area contributed by atoms with Gasteiger partial charge in [-0.1, -0.05) is 30.0 Å². The van der Waals surface area contributed by atoms with E-state index in [9.17, 15) is 4.79 Å². The van der Waals surface area contributed by atoms with E-state index in [0.717, 1.165) is 11.0 Å². The number of ketones is 1. The summed E-state index contributed by atoms with van der Waals surface area (Å²) in [6.07, 6.45) is 1.47. The molecule has 0 aliphatic carbocycles. The van der Waals surface area contributed by atoms with Crippen molar-refractivity contribution in [2.24, 2.45) is 7.05 Å². The predicted molar refractivity (Wildman–Crippen MR) is 72.3 cm³/mol. The van der Waals surface area contributed by atoms with Crippen molar-refractivity contribution >= 4 is 28.5 Å². The summed E-state index contributed by atoms with van der Waals surface area (Å²) >= 11 is 1.35. The van der Waals surface area contributed by atoms with Crippen LogP contribution in [0.2, 0.25) is 0 Å². The number of rotatable bonds is 4. The first-order chi connectivity index (χ1) is 9.24. The normalized spacial score (nSPS) is 11.0. The fourth-order valence-corrected chi connectivity index (χ4v) is 2.49. The number of furan rings is 1. The van der Waals surface area contributed by atoms with Crippen LogP contribution in [0.5, 0.6) is 0 Å². The Bertz CT molecular complexity index is 699. The predicted octanol–water partition coefficient (Wildman–Crippen LogP) is 2.54. The van der Waals surface area contributed by atoms with Crippen molar-refractivity contribution in [1.29, 1.82) is 0 Å². The highest BCUT2D eigenvalue weighted by atomic mass is 32.2. The lowest BCUT2D eigenvalue weighted by Crippen LogP contribution is -2.02. The van der Waals surface area contributed by atoms with Gasteiger partial charge in [0.25, 0.3) is 0 Å². The molecular weight excluding hydrogens is 262 g/mol. The Morgan fingerprint density at radius 3 is 3.00 bits per heavy atom. The summed E-state index contributed by atoms with van der Waals surface area (Å²) in [5, 5.41) is 5.60. The van der Waals surface area contributed by atoms with Gasteiger partial charge in [0.15, 0.2) is 10.9 Å². The van der Waals surface area contributed by atoms with E-state index in [0.29, 0.717) is 10.9 Å². The SMILES string of the molecule is Cn1ncnc1SCC(=O)c1cc2ccccc2o1. The summed E-state index contributed by atoms with van der Waals surface area (Å²) in [5.74, 6) is 0.617. The molecule has 0 unspecified atom stereocenters. The molecule has 0 bridgehead atoms. The van der Waals surface area contributed by atoms with Gasteiger partial charge in [0.2, 0.25) is 5.78 Å². The van der Waals surface area contributed by atoms with Crippen molar-refractivity contribution in [2.45, 2.75) is 5.16 Å². The van der Waals surface area contributed by atoms with E-state index in [1.54, 1.807) is 17.8 Å². The standard InChI is InChI=1S/C13H11N3O2S/c1-16-13(14-8-15-16)19-7-10(17)12-6-9-4-2-3-5-11(9)18-12/h2-6,8H,7H2,1H3. The smallest absolute Gasteiger partial charge is 0.208 e. The highest BCUT2D eigenvalue weighted by molar-refractivity contribution is 7.99. The van der Waals surface area contributed by atoms with E-state index < -0.39 is 0 Å². The lowest BCUT2D eigenvalue weighted by Gasteiger charge is -1.97. The summed E-state index contributed by atoms with van der Waals surface area (Å²) < 4.78 is 7.16. The molecule has 0 atom stereocenters. The van der Waals surface area contributed by atoms with E-state index in [2.05, 4.69) is 10.1 Å². The fourth-order valence-electron chi connectivity index (χ4n) is 1.74. The van der Waals surface area contributed by atoms with Crippen LogP contribution in [-0.4, -0.2) is 26.3 Å². The number of Topliss-reactive ketones (excluding diaryl/α,β-unsaturated/α-hetero) is 1. The van der Waals surface area contributed by atoms with Gasteiger partial charge in [0, 0.05) is 12.4 Å². The fraction of sp³-hybridized carbons (Fsp3) is 0.154. The average Bonchev–Trinajstić information content (AvgIpc) is 3.01. The molecule has 0 fully saturated rings. The van der Waals surface area contributed by atoms with Crippen molar-refractivity contribution in [1.82, 2.24) is 14.8 Å². The molecule has 0 amide bonds. The summed E-state index contributed by atoms with van der Waals surface area (Å²) in [5.41, 5.74) is 0.731. The molecule has 0 saturated carbocycles. The van der Waals surface area contributed by atoms with Gasteiger partial charge >= 0.3 is 0 Å². The molecule has 5 nitrogen and oxygen atoms in total. The largest absolute Gasteiger partial charge is 0.453 e. The van der Waals surface area contributed by atoms with Gasteiger partial charge in [-0.3, -0.25) is 4.79 Å². The van der Waals surface area contributed by atoms with E-state index in [1.165, 1.54) is 18.1 Å². The minimum Gasteiger partial charge on any atom is -0.453 e. The number of hydrogen-bond acceptors (Lipinski definition) is 5. The number of benzene rings is 1. The van der Waals surface area contributed by atoms with Gasteiger partial charge in [0.1, 0.15) is 11.9 Å². The molecule has 6 heteroatoms. The van der Waals surface area contributed by atoms with E-state index >= 15 is 0 Å². The number of nitrogens with zero attached hydrogens (tertiary/aromatic N) is 3. The highest BCUT2D eigenvalue weighted by Crippen LogP contribution is 2.21. The average molecular weight is 273 g/mol. The Morgan fingerprint density at radius 1 is 1.42 bits per heavy atom. The maximum absolute atomic E-state index is 12.0. The third kappa shape index (κ3) is 2.39. The zero-order chi connectivity index (χ0) is 13.2. The van der Waals surface area contributed by atoms with Crippen LogP contribution < -0.4 is 0 Å².